The number of amides is 2. The van der Waals surface area contributed by atoms with Gasteiger partial charge in [0.2, 0.25) is 0 Å². The Labute approximate surface area is 191 Å². The van der Waals surface area contributed by atoms with Gasteiger partial charge in [0.1, 0.15) is 5.01 Å². The van der Waals surface area contributed by atoms with Crippen LogP contribution in [0, 0.1) is 0 Å². The Hall–Kier alpha value is -2.23. The summed E-state index contributed by atoms with van der Waals surface area (Å²) < 4.78 is 38.1. The molecule has 2 aromatic carbocycles. The third kappa shape index (κ3) is 6.62. The van der Waals surface area contributed by atoms with Crippen LogP contribution >= 0.6 is 34.7 Å². The van der Waals surface area contributed by atoms with Crippen LogP contribution in [0.1, 0.15) is 19.4 Å². The molecule has 0 saturated heterocycles. The van der Waals surface area contributed by atoms with Gasteiger partial charge in [-0.25, -0.2) is 9.78 Å². The normalized spacial score (nSPS) is 11.6. The van der Waals surface area contributed by atoms with Crippen LogP contribution in [0.3, 0.4) is 0 Å². The topological polar surface area (TPSA) is 45.2 Å². The zero-order chi connectivity index (χ0) is 22.6. The minimum atomic E-state index is -4.42. The number of aromatic nitrogens is 1. The van der Waals surface area contributed by atoms with E-state index in [2.05, 4.69) is 10.3 Å². The first-order valence-corrected chi connectivity index (χ1v) is 11.3. The molecule has 0 spiro atoms. The second-order valence-corrected chi connectivity index (χ2v) is 9.33. The van der Waals surface area contributed by atoms with Crippen LogP contribution in [0.15, 0.2) is 58.9 Å². The number of nitrogens with one attached hydrogen (secondary N) is 1. The standard InChI is InChI=1S/C21H19ClF3N3OS2/c1-13(2)27-20(29)28(18-7-6-16(11-17(18)22)31-21(23,24)25)12-14-4-3-5-15(10-14)19-26-8-9-30-19/h3-11,13H,12H2,1-2H3,(H,27,29). The first-order valence-electron chi connectivity index (χ1n) is 9.24. The molecule has 3 aromatic rings. The van der Waals surface area contributed by atoms with Gasteiger partial charge in [0.05, 0.1) is 17.3 Å². The number of urea groups is 1. The second-order valence-electron chi connectivity index (χ2n) is 6.89. The van der Waals surface area contributed by atoms with E-state index in [1.807, 2.05) is 43.5 Å². The van der Waals surface area contributed by atoms with Crippen LogP contribution < -0.4 is 10.2 Å². The summed E-state index contributed by atoms with van der Waals surface area (Å²) in [4.78, 5) is 18.6. The van der Waals surface area contributed by atoms with Gasteiger partial charge < -0.3 is 5.32 Å². The highest BCUT2D eigenvalue weighted by Gasteiger charge is 2.30. The molecule has 1 N–H and O–H groups in total. The van der Waals surface area contributed by atoms with Crippen molar-refractivity contribution < 1.29 is 18.0 Å². The summed E-state index contributed by atoms with van der Waals surface area (Å²) in [6, 6.07) is 11.0. The van der Waals surface area contributed by atoms with Crippen molar-refractivity contribution in [3.05, 3.63) is 64.6 Å². The van der Waals surface area contributed by atoms with Crippen molar-refractivity contribution in [3.63, 3.8) is 0 Å². The molecule has 0 aliphatic heterocycles. The maximum atomic E-state index is 12.9. The fraction of sp³-hybridized carbons (Fsp3) is 0.238. The number of thioether (sulfide) groups is 1. The minimum absolute atomic E-state index is 0.0452. The maximum absolute atomic E-state index is 12.9. The number of carbonyl (C=O) groups is 1. The fourth-order valence-corrected chi connectivity index (χ4v) is 4.41. The number of thiazole rings is 1. The number of carbonyl (C=O) groups excluding carboxylic acids is 1. The smallest absolute Gasteiger partial charge is 0.336 e. The number of rotatable bonds is 6. The molecule has 0 saturated carbocycles. The molecule has 0 aliphatic carbocycles. The van der Waals surface area contributed by atoms with Crippen LogP contribution in [-0.2, 0) is 6.54 Å². The van der Waals surface area contributed by atoms with E-state index >= 15 is 0 Å². The molecule has 0 radical (unpaired) electrons. The van der Waals surface area contributed by atoms with Gasteiger partial charge in [-0.1, -0.05) is 29.8 Å². The Balaban J connectivity index is 1.92. The summed E-state index contributed by atoms with van der Waals surface area (Å²) in [5.41, 5.74) is -2.35. The lowest BCUT2D eigenvalue weighted by Gasteiger charge is -2.26. The molecule has 164 valence electrons. The number of hydrogen-bond donors (Lipinski definition) is 1. The third-order valence-electron chi connectivity index (χ3n) is 4.05. The fourth-order valence-electron chi connectivity index (χ4n) is 2.85. The highest BCUT2D eigenvalue weighted by molar-refractivity contribution is 8.00. The van der Waals surface area contributed by atoms with Gasteiger partial charge in [0.15, 0.2) is 0 Å². The Bertz CT molecular complexity index is 1040. The van der Waals surface area contributed by atoms with E-state index < -0.39 is 11.5 Å². The van der Waals surface area contributed by atoms with Crippen LogP contribution in [0.25, 0.3) is 10.6 Å². The van der Waals surface area contributed by atoms with Crippen LogP contribution in [0.2, 0.25) is 5.02 Å². The minimum Gasteiger partial charge on any atom is -0.336 e. The van der Waals surface area contributed by atoms with Gasteiger partial charge in [-0.2, -0.15) is 13.2 Å². The maximum Gasteiger partial charge on any atom is 0.446 e. The predicted octanol–water partition coefficient (Wildman–Crippen LogP) is 7.20. The first kappa shape index (κ1) is 23.4. The summed E-state index contributed by atoms with van der Waals surface area (Å²) in [6.07, 6.45) is 1.72. The molecule has 4 nitrogen and oxygen atoms in total. The van der Waals surface area contributed by atoms with Crippen molar-refractivity contribution in [2.45, 2.75) is 36.8 Å². The first-order chi connectivity index (χ1) is 14.6. The Morgan fingerprint density at radius 2 is 2.03 bits per heavy atom. The van der Waals surface area contributed by atoms with Crippen LogP contribution in [0.5, 0.6) is 0 Å². The molecular formula is C21H19ClF3N3OS2. The highest BCUT2D eigenvalue weighted by Crippen LogP contribution is 2.40. The Morgan fingerprint density at radius 1 is 1.26 bits per heavy atom. The van der Waals surface area contributed by atoms with E-state index in [1.165, 1.54) is 34.4 Å². The van der Waals surface area contributed by atoms with E-state index in [9.17, 15) is 18.0 Å². The van der Waals surface area contributed by atoms with Crippen molar-refractivity contribution >= 4 is 46.4 Å². The van der Waals surface area contributed by atoms with E-state index in [0.29, 0.717) is 5.69 Å². The molecule has 0 fully saturated rings. The predicted molar refractivity (Wildman–Crippen MR) is 121 cm³/mol. The molecule has 2 amide bonds. The summed E-state index contributed by atoms with van der Waals surface area (Å²) in [6.45, 7) is 3.83. The number of benzene rings is 2. The van der Waals surface area contributed by atoms with Crippen molar-refractivity contribution in [2.24, 2.45) is 0 Å². The molecule has 31 heavy (non-hydrogen) atoms. The SMILES string of the molecule is CC(C)NC(=O)N(Cc1cccc(-c2nccs2)c1)c1ccc(SC(F)(F)F)cc1Cl. The molecule has 0 atom stereocenters. The van der Waals surface area contributed by atoms with Gasteiger partial charge in [-0.05, 0) is 55.4 Å². The molecule has 10 heteroatoms. The lowest BCUT2D eigenvalue weighted by Crippen LogP contribution is -2.42. The number of alkyl halides is 3. The van der Waals surface area contributed by atoms with Crippen molar-refractivity contribution in [3.8, 4) is 10.6 Å². The van der Waals surface area contributed by atoms with Crippen LogP contribution in [0.4, 0.5) is 23.7 Å². The highest BCUT2D eigenvalue weighted by atomic mass is 35.5. The number of nitrogens with zero attached hydrogens (tertiary/aromatic N) is 2. The van der Waals surface area contributed by atoms with Gasteiger partial charge in [-0.15, -0.1) is 11.3 Å². The Kier molecular flexibility index (Phi) is 7.51. The van der Waals surface area contributed by atoms with E-state index in [1.54, 1.807) is 6.20 Å². The van der Waals surface area contributed by atoms with Gasteiger partial charge >= 0.3 is 11.5 Å². The number of anilines is 1. The van der Waals surface area contributed by atoms with Gasteiger partial charge in [-0.3, -0.25) is 4.90 Å². The molecule has 1 heterocycles. The van der Waals surface area contributed by atoms with Gasteiger partial charge in [0, 0.05) is 28.1 Å². The lowest BCUT2D eigenvalue weighted by molar-refractivity contribution is -0.0328. The monoisotopic (exact) mass is 485 g/mol. The molecular weight excluding hydrogens is 467 g/mol. The number of halogens is 4. The van der Waals surface area contributed by atoms with E-state index in [0.717, 1.165) is 16.1 Å². The quantitative estimate of drug-likeness (QED) is 0.375. The zero-order valence-electron chi connectivity index (χ0n) is 16.6. The van der Waals surface area contributed by atoms with Crippen LogP contribution in [-0.4, -0.2) is 22.6 Å². The summed E-state index contributed by atoms with van der Waals surface area (Å²) in [5, 5.41) is 5.61. The summed E-state index contributed by atoms with van der Waals surface area (Å²) in [5.74, 6) is 0. The molecule has 3 rings (SSSR count). The summed E-state index contributed by atoms with van der Waals surface area (Å²) >= 11 is 7.56. The summed E-state index contributed by atoms with van der Waals surface area (Å²) in [7, 11) is 0. The van der Waals surface area contributed by atoms with Crippen molar-refractivity contribution in [1.82, 2.24) is 10.3 Å². The lowest BCUT2D eigenvalue weighted by atomic mass is 10.1. The second kappa shape index (κ2) is 9.93. The zero-order valence-corrected chi connectivity index (χ0v) is 19.0. The van der Waals surface area contributed by atoms with Crippen molar-refractivity contribution in [1.29, 1.82) is 0 Å². The van der Waals surface area contributed by atoms with E-state index in [4.69, 9.17) is 11.6 Å². The molecule has 0 unspecified atom stereocenters. The largest absolute Gasteiger partial charge is 0.446 e. The van der Waals surface area contributed by atoms with E-state index in [-0.39, 0.29) is 34.3 Å². The number of hydrogen-bond acceptors (Lipinski definition) is 4. The average molecular weight is 486 g/mol. The molecule has 0 bridgehead atoms. The third-order valence-corrected chi connectivity index (χ3v) is 5.89. The Morgan fingerprint density at radius 3 is 2.65 bits per heavy atom. The average Bonchev–Trinajstić information content (AvgIpc) is 3.20. The van der Waals surface area contributed by atoms with Crippen molar-refractivity contribution in [2.75, 3.05) is 4.90 Å². The molecule has 0 aliphatic rings. The molecule has 1 aromatic heterocycles. The van der Waals surface area contributed by atoms with Gasteiger partial charge in [0.25, 0.3) is 0 Å².